The van der Waals surface area contributed by atoms with Crippen molar-refractivity contribution in [1.82, 2.24) is 0 Å². The molecule has 1 atom stereocenters. The molecule has 0 radical (unpaired) electrons. The Kier molecular flexibility index (Phi) is 17.7. The lowest BCUT2D eigenvalue weighted by Crippen LogP contribution is -2.23. The molecule has 0 aliphatic heterocycles. The maximum absolute atomic E-state index is 11.7. The average molecular weight is 435 g/mol. The molecule has 0 rings (SSSR count). The largest absolute Gasteiger partial charge is 0.469 e. The van der Waals surface area contributed by atoms with Gasteiger partial charge in [0.15, 0.2) is 0 Å². The smallest absolute Gasteiger partial charge is 0.457 e. The summed E-state index contributed by atoms with van der Waals surface area (Å²) in [5.41, 5.74) is 0.257. The van der Waals surface area contributed by atoms with Crippen LogP contribution in [0.4, 0.5) is 0 Å². The van der Waals surface area contributed by atoms with Crippen molar-refractivity contribution in [2.24, 2.45) is 0 Å². The fraction of sp³-hybridized carbons (Fsp3) is 0.864. The summed E-state index contributed by atoms with van der Waals surface area (Å²) in [6.07, 6.45) is 17.4. The van der Waals surface area contributed by atoms with E-state index in [4.69, 9.17) is 14.5 Å². The highest BCUT2D eigenvalue weighted by Gasteiger charge is 2.21. The number of esters is 1. The molecular weight excluding hydrogens is 391 g/mol. The molecule has 0 heterocycles. The number of rotatable bonds is 20. The Morgan fingerprint density at radius 3 is 1.66 bits per heavy atom. The monoisotopic (exact) mass is 434 g/mol. The summed E-state index contributed by atoms with van der Waals surface area (Å²) >= 11 is 0. The molecule has 172 valence electrons. The van der Waals surface area contributed by atoms with Crippen LogP contribution in [-0.4, -0.2) is 28.5 Å². The van der Waals surface area contributed by atoms with E-state index in [2.05, 4.69) is 18.0 Å². The number of carbonyl (C=O) groups is 1. The Bertz CT molecular complexity index is 474. The molecule has 0 amide bonds. The lowest BCUT2D eigenvalue weighted by atomic mass is 10.0. The summed E-state index contributed by atoms with van der Waals surface area (Å²) in [4.78, 5) is 29.3. The van der Waals surface area contributed by atoms with E-state index < -0.39 is 19.9 Å². The third-order valence-corrected chi connectivity index (χ3v) is 5.42. The predicted octanol–water partition coefficient (Wildman–Crippen LogP) is 6.46. The van der Waals surface area contributed by atoms with Gasteiger partial charge in [0.2, 0.25) is 0 Å². The van der Waals surface area contributed by atoms with Gasteiger partial charge in [-0.15, -0.1) is 0 Å². The Morgan fingerprint density at radius 2 is 1.28 bits per heavy atom. The fourth-order valence-electron chi connectivity index (χ4n) is 3.18. The zero-order valence-electron chi connectivity index (χ0n) is 18.6. The molecule has 0 saturated heterocycles. The van der Waals surface area contributed by atoms with Crippen molar-refractivity contribution in [3.63, 3.8) is 0 Å². The molecular formula is C22H43O6P. The summed E-state index contributed by atoms with van der Waals surface area (Å²) in [5.74, 6) is -0.560. The van der Waals surface area contributed by atoms with Gasteiger partial charge >= 0.3 is 13.8 Å². The van der Waals surface area contributed by atoms with Crippen LogP contribution in [0.15, 0.2) is 12.2 Å². The summed E-state index contributed by atoms with van der Waals surface area (Å²) in [6, 6.07) is 0. The van der Waals surface area contributed by atoms with Gasteiger partial charge in [-0.3, -0.25) is 4.52 Å². The van der Waals surface area contributed by atoms with E-state index in [1.165, 1.54) is 77.6 Å². The van der Waals surface area contributed by atoms with Gasteiger partial charge in [-0.05, 0) is 19.8 Å². The molecule has 0 aromatic heterocycles. The standard InChI is InChI=1S/C22H43O6P/c1-4-5-6-7-8-9-10-11-12-13-14-15-16-17-18-21(19-27-29(24,25)26)28-22(23)20(2)3/h21H,2,4-19H2,1,3H3,(H2,24,25,26). The molecule has 7 heteroatoms. The predicted molar refractivity (Wildman–Crippen MR) is 118 cm³/mol. The van der Waals surface area contributed by atoms with E-state index in [1.54, 1.807) is 0 Å². The van der Waals surface area contributed by atoms with Crippen molar-refractivity contribution in [1.29, 1.82) is 0 Å². The van der Waals surface area contributed by atoms with Crippen molar-refractivity contribution in [2.45, 2.75) is 116 Å². The zero-order chi connectivity index (χ0) is 22.0. The summed E-state index contributed by atoms with van der Waals surface area (Å²) in [6.45, 7) is 7.00. The lowest BCUT2D eigenvalue weighted by molar-refractivity contribution is -0.146. The van der Waals surface area contributed by atoms with Crippen LogP contribution in [0.1, 0.15) is 110 Å². The van der Waals surface area contributed by atoms with E-state index in [1.807, 2.05) is 0 Å². The molecule has 29 heavy (non-hydrogen) atoms. The number of hydrogen-bond donors (Lipinski definition) is 2. The van der Waals surface area contributed by atoms with Crippen LogP contribution in [0, 0.1) is 0 Å². The van der Waals surface area contributed by atoms with Crippen molar-refractivity contribution in [2.75, 3.05) is 6.61 Å². The Morgan fingerprint density at radius 1 is 0.862 bits per heavy atom. The number of unbranched alkanes of at least 4 members (excludes halogenated alkanes) is 13. The topological polar surface area (TPSA) is 93.1 Å². The number of carbonyl (C=O) groups excluding carboxylic acids is 1. The molecule has 0 bridgehead atoms. The van der Waals surface area contributed by atoms with E-state index in [0.717, 1.165) is 19.3 Å². The molecule has 0 saturated carbocycles. The highest BCUT2D eigenvalue weighted by Crippen LogP contribution is 2.36. The molecule has 0 aromatic rings. The van der Waals surface area contributed by atoms with Gasteiger partial charge in [0.05, 0.1) is 6.61 Å². The van der Waals surface area contributed by atoms with Crippen molar-refractivity contribution < 1.29 is 28.4 Å². The van der Waals surface area contributed by atoms with Gasteiger partial charge in [-0.1, -0.05) is 97.0 Å². The molecule has 1 unspecified atom stereocenters. The van der Waals surface area contributed by atoms with Crippen molar-refractivity contribution in [3.8, 4) is 0 Å². The summed E-state index contributed by atoms with van der Waals surface area (Å²) < 4.78 is 20.6. The molecule has 0 aliphatic carbocycles. The second-order valence-electron chi connectivity index (χ2n) is 7.98. The van der Waals surface area contributed by atoms with E-state index >= 15 is 0 Å². The van der Waals surface area contributed by atoms with Crippen LogP contribution >= 0.6 is 7.82 Å². The van der Waals surface area contributed by atoms with Crippen molar-refractivity contribution >= 4 is 13.8 Å². The van der Waals surface area contributed by atoms with Crippen molar-refractivity contribution in [3.05, 3.63) is 12.2 Å². The molecule has 0 aliphatic rings. The second-order valence-corrected chi connectivity index (χ2v) is 9.22. The minimum absolute atomic E-state index is 0.257. The first-order chi connectivity index (χ1) is 13.8. The Hall–Kier alpha value is -0.680. The first kappa shape index (κ1) is 28.3. The third kappa shape index (κ3) is 20.4. The van der Waals surface area contributed by atoms with E-state index in [-0.39, 0.29) is 12.2 Å². The highest BCUT2D eigenvalue weighted by molar-refractivity contribution is 7.46. The first-order valence-corrected chi connectivity index (χ1v) is 12.9. The lowest BCUT2D eigenvalue weighted by Gasteiger charge is -2.18. The van der Waals surface area contributed by atoms with E-state index in [9.17, 15) is 9.36 Å². The average Bonchev–Trinajstić information content (AvgIpc) is 2.65. The molecule has 0 spiro atoms. The Labute approximate surface area is 177 Å². The van der Waals surface area contributed by atoms with Gasteiger partial charge in [0.1, 0.15) is 6.10 Å². The minimum atomic E-state index is -4.57. The minimum Gasteiger partial charge on any atom is -0.457 e. The van der Waals surface area contributed by atoms with Gasteiger partial charge < -0.3 is 14.5 Å². The summed E-state index contributed by atoms with van der Waals surface area (Å²) in [5, 5.41) is 0. The SMILES string of the molecule is C=C(C)C(=O)OC(CCCCCCCCCCCCCCCC)COP(=O)(O)O. The second kappa shape index (κ2) is 18.1. The van der Waals surface area contributed by atoms with Gasteiger partial charge in [0.25, 0.3) is 0 Å². The van der Waals surface area contributed by atoms with Gasteiger partial charge in [-0.2, -0.15) is 0 Å². The number of hydrogen-bond acceptors (Lipinski definition) is 4. The van der Waals surface area contributed by atoms with Crippen LogP contribution in [0.2, 0.25) is 0 Å². The van der Waals surface area contributed by atoms with Crippen LogP contribution in [0.25, 0.3) is 0 Å². The molecule has 6 nitrogen and oxygen atoms in total. The highest BCUT2D eigenvalue weighted by atomic mass is 31.2. The normalized spacial score (nSPS) is 12.7. The zero-order valence-corrected chi connectivity index (χ0v) is 19.5. The molecule has 0 fully saturated rings. The van der Waals surface area contributed by atoms with Crippen LogP contribution in [0.5, 0.6) is 0 Å². The van der Waals surface area contributed by atoms with Crippen LogP contribution in [0.3, 0.4) is 0 Å². The van der Waals surface area contributed by atoms with Gasteiger partial charge in [-0.25, -0.2) is 9.36 Å². The Balaban J connectivity index is 3.72. The molecule has 2 N–H and O–H groups in total. The van der Waals surface area contributed by atoms with E-state index in [0.29, 0.717) is 6.42 Å². The van der Waals surface area contributed by atoms with Crippen LogP contribution in [-0.2, 0) is 18.6 Å². The quantitative estimate of drug-likeness (QED) is 0.0989. The number of ether oxygens (including phenoxy) is 1. The maximum atomic E-state index is 11.7. The summed E-state index contributed by atoms with van der Waals surface area (Å²) in [7, 11) is -4.57. The fourth-order valence-corrected chi connectivity index (χ4v) is 3.54. The van der Waals surface area contributed by atoms with Crippen LogP contribution < -0.4 is 0 Å². The number of phosphoric acid groups is 1. The number of phosphoric ester groups is 1. The van der Waals surface area contributed by atoms with Gasteiger partial charge in [0, 0.05) is 5.57 Å². The maximum Gasteiger partial charge on any atom is 0.469 e. The molecule has 0 aromatic carbocycles. The first-order valence-electron chi connectivity index (χ1n) is 11.3. The third-order valence-electron chi connectivity index (χ3n) is 4.93.